The van der Waals surface area contributed by atoms with E-state index in [1.165, 1.54) is 13.0 Å². The standard InChI is InChI=1S/C23H31F3N2O2/c1-15-4-5-17(13-19(15)23(24,25)26)28-21(29)18-3-2-11-27-20(18)16-6-8-22(9-7-16)10-12-30-14-22/h4-5,13,16,18,20,27H,2-3,6-12,14H2,1H3,(H,28,29). The van der Waals surface area contributed by atoms with Gasteiger partial charge in [0, 0.05) is 18.3 Å². The van der Waals surface area contributed by atoms with E-state index in [0.717, 1.165) is 70.8 Å². The van der Waals surface area contributed by atoms with Crippen molar-refractivity contribution >= 4 is 11.6 Å². The Hall–Kier alpha value is -1.60. The Morgan fingerprint density at radius 2 is 1.97 bits per heavy atom. The average molecular weight is 425 g/mol. The van der Waals surface area contributed by atoms with Gasteiger partial charge >= 0.3 is 6.18 Å². The summed E-state index contributed by atoms with van der Waals surface area (Å²) in [5, 5.41) is 6.33. The second kappa shape index (κ2) is 8.50. The highest BCUT2D eigenvalue weighted by molar-refractivity contribution is 5.93. The molecule has 1 saturated carbocycles. The van der Waals surface area contributed by atoms with Crippen LogP contribution in [-0.2, 0) is 15.7 Å². The number of carbonyl (C=O) groups excluding carboxylic acids is 1. The van der Waals surface area contributed by atoms with Crippen molar-refractivity contribution in [1.29, 1.82) is 0 Å². The van der Waals surface area contributed by atoms with E-state index in [-0.39, 0.29) is 29.1 Å². The zero-order valence-electron chi connectivity index (χ0n) is 17.5. The smallest absolute Gasteiger partial charge is 0.381 e. The lowest BCUT2D eigenvalue weighted by Crippen LogP contribution is -2.51. The Kier molecular flexibility index (Phi) is 6.13. The second-order valence-corrected chi connectivity index (χ2v) is 9.39. The van der Waals surface area contributed by atoms with Crippen LogP contribution >= 0.6 is 0 Å². The number of halogens is 3. The van der Waals surface area contributed by atoms with Gasteiger partial charge < -0.3 is 15.4 Å². The minimum atomic E-state index is -4.43. The van der Waals surface area contributed by atoms with Crippen molar-refractivity contribution in [3.63, 3.8) is 0 Å². The number of aryl methyl sites for hydroxylation is 1. The summed E-state index contributed by atoms with van der Waals surface area (Å²) < 4.78 is 45.3. The van der Waals surface area contributed by atoms with Gasteiger partial charge in [-0.3, -0.25) is 4.79 Å². The van der Waals surface area contributed by atoms with E-state index < -0.39 is 11.7 Å². The number of alkyl halides is 3. The quantitative estimate of drug-likeness (QED) is 0.724. The Morgan fingerprint density at radius 1 is 1.20 bits per heavy atom. The van der Waals surface area contributed by atoms with Crippen LogP contribution in [0.2, 0.25) is 0 Å². The van der Waals surface area contributed by atoms with Crippen LogP contribution in [0.3, 0.4) is 0 Å². The minimum Gasteiger partial charge on any atom is -0.381 e. The number of ether oxygens (including phenoxy) is 1. The molecule has 0 aromatic heterocycles. The minimum absolute atomic E-state index is 0.0888. The normalized spacial score (nSPS) is 32.3. The van der Waals surface area contributed by atoms with Gasteiger partial charge in [-0.2, -0.15) is 13.2 Å². The first kappa shape index (κ1) is 21.6. The fourth-order valence-corrected chi connectivity index (χ4v) is 5.60. The molecule has 0 bridgehead atoms. The van der Waals surface area contributed by atoms with Crippen LogP contribution in [0.25, 0.3) is 0 Å². The predicted molar refractivity (Wildman–Crippen MR) is 109 cm³/mol. The maximum Gasteiger partial charge on any atom is 0.416 e. The van der Waals surface area contributed by atoms with E-state index in [4.69, 9.17) is 4.74 Å². The molecule has 1 spiro atoms. The molecule has 2 saturated heterocycles. The van der Waals surface area contributed by atoms with Crippen LogP contribution in [-0.4, -0.2) is 31.7 Å². The lowest BCUT2D eigenvalue weighted by molar-refractivity contribution is -0.138. The molecule has 0 radical (unpaired) electrons. The molecule has 2 N–H and O–H groups in total. The van der Waals surface area contributed by atoms with Crippen LogP contribution in [0.4, 0.5) is 18.9 Å². The highest BCUT2D eigenvalue weighted by atomic mass is 19.4. The third-order valence-electron chi connectivity index (χ3n) is 7.44. The number of hydrogen-bond acceptors (Lipinski definition) is 3. The van der Waals surface area contributed by atoms with E-state index >= 15 is 0 Å². The predicted octanol–water partition coefficient (Wildman–Crippen LogP) is 4.92. The summed E-state index contributed by atoms with van der Waals surface area (Å²) >= 11 is 0. The second-order valence-electron chi connectivity index (χ2n) is 9.39. The van der Waals surface area contributed by atoms with Crippen molar-refractivity contribution < 1.29 is 22.7 Å². The molecule has 1 aliphatic carbocycles. The highest BCUT2D eigenvalue weighted by Crippen LogP contribution is 2.46. The number of hydrogen-bond donors (Lipinski definition) is 2. The van der Waals surface area contributed by atoms with Crippen molar-refractivity contribution in [1.82, 2.24) is 5.32 Å². The van der Waals surface area contributed by atoms with E-state index in [1.807, 2.05) is 0 Å². The van der Waals surface area contributed by atoms with Gasteiger partial charge in [-0.05, 0) is 87.4 Å². The van der Waals surface area contributed by atoms with Crippen molar-refractivity contribution in [2.75, 3.05) is 25.1 Å². The van der Waals surface area contributed by atoms with Crippen molar-refractivity contribution in [3.05, 3.63) is 29.3 Å². The molecular weight excluding hydrogens is 393 g/mol. The first-order valence-electron chi connectivity index (χ1n) is 11.1. The molecule has 30 heavy (non-hydrogen) atoms. The Balaban J connectivity index is 1.43. The monoisotopic (exact) mass is 424 g/mol. The molecule has 3 fully saturated rings. The Bertz CT molecular complexity index is 764. The summed E-state index contributed by atoms with van der Waals surface area (Å²) in [5.41, 5.74) is 0.00592. The van der Waals surface area contributed by atoms with E-state index in [0.29, 0.717) is 11.3 Å². The van der Waals surface area contributed by atoms with Gasteiger partial charge in [-0.15, -0.1) is 0 Å². The first-order valence-corrected chi connectivity index (χ1v) is 11.1. The van der Waals surface area contributed by atoms with Gasteiger partial charge in [-0.1, -0.05) is 6.07 Å². The van der Waals surface area contributed by atoms with E-state index in [2.05, 4.69) is 10.6 Å². The molecule has 2 unspecified atom stereocenters. The van der Waals surface area contributed by atoms with Gasteiger partial charge in [0.15, 0.2) is 0 Å². The number of rotatable bonds is 3. The van der Waals surface area contributed by atoms with Crippen LogP contribution in [0.1, 0.15) is 56.1 Å². The summed E-state index contributed by atoms with van der Waals surface area (Å²) in [7, 11) is 0. The zero-order chi connectivity index (χ0) is 21.4. The van der Waals surface area contributed by atoms with Gasteiger partial charge in [0.05, 0.1) is 18.1 Å². The fraction of sp³-hybridized carbons (Fsp3) is 0.696. The number of carbonyl (C=O) groups is 1. The largest absolute Gasteiger partial charge is 0.416 e. The summed E-state index contributed by atoms with van der Waals surface area (Å²) in [6, 6.07) is 4.10. The molecule has 4 nitrogen and oxygen atoms in total. The molecule has 3 aliphatic rings. The molecular formula is C23H31F3N2O2. The molecule has 166 valence electrons. The molecule has 1 amide bonds. The summed E-state index contributed by atoms with van der Waals surface area (Å²) in [6.07, 6.45) is 2.81. The molecule has 2 aliphatic heterocycles. The molecule has 1 aromatic carbocycles. The van der Waals surface area contributed by atoms with Crippen LogP contribution in [0.15, 0.2) is 18.2 Å². The summed E-state index contributed by atoms with van der Waals surface area (Å²) in [6.45, 7) is 4.03. The van der Waals surface area contributed by atoms with Crippen molar-refractivity contribution in [2.45, 2.75) is 64.1 Å². The average Bonchev–Trinajstić information content (AvgIpc) is 3.17. The SMILES string of the molecule is Cc1ccc(NC(=O)C2CCCNC2C2CCC3(CCOC3)CC2)cc1C(F)(F)F. The summed E-state index contributed by atoms with van der Waals surface area (Å²) in [5.74, 6) is 0.0398. The first-order chi connectivity index (χ1) is 14.3. The van der Waals surface area contributed by atoms with Gasteiger partial charge in [0.2, 0.25) is 5.91 Å². The van der Waals surface area contributed by atoms with Crippen molar-refractivity contribution in [2.24, 2.45) is 17.3 Å². The Morgan fingerprint density at radius 3 is 2.63 bits per heavy atom. The number of benzene rings is 1. The molecule has 2 heterocycles. The third kappa shape index (κ3) is 4.52. The van der Waals surface area contributed by atoms with Gasteiger partial charge in [-0.25, -0.2) is 0 Å². The van der Waals surface area contributed by atoms with Crippen LogP contribution in [0, 0.1) is 24.2 Å². The topological polar surface area (TPSA) is 50.4 Å². The maximum atomic E-state index is 13.2. The van der Waals surface area contributed by atoms with E-state index in [1.54, 1.807) is 6.07 Å². The number of nitrogens with one attached hydrogen (secondary N) is 2. The lowest BCUT2D eigenvalue weighted by Gasteiger charge is -2.43. The van der Waals surface area contributed by atoms with Gasteiger partial charge in [0.1, 0.15) is 0 Å². The highest BCUT2D eigenvalue weighted by Gasteiger charge is 2.43. The summed E-state index contributed by atoms with van der Waals surface area (Å²) in [4.78, 5) is 13.1. The van der Waals surface area contributed by atoms with Crippen LogP contribution < -0.4 is 10.6 Å². The van der Waals surface area contributed by atoms with E-state index in [9.17, 15) is 18.0 Å². The van der Waals surface area contributed by atoms with Crippen LogP contribution in [0.5, 0.6) is 0 Å². The lowest BCUT2D eigenvalue weighted by atomic mass is 9.66. The molecule has 1 aromatic rings. The van der Waals surface area contributed by atoms with Gasteiger partial charge in [0.25, 0.3) is 0 Å². The third-order valence-corrected chi connectivity index (χ3v) is 7.44. The maximum absolute atomic E-state index is 13.2. The number of anilines is 1. The number of piperidine rings is 1. The molecule has 2 atom stereocenters. The molecule has 7 heteroatoms. The Labute approximate surface area is 175 Å². The number of amides is 1. The fourth-order valence-electron chi connectivity index (χ4n) is 5.60. The van der Waals surface area contributed by atoms with Crippen molar-refractivity contribution in [3.8, 4) is 0 Å². The molecule has 4 rings (SSSR count). The zero-order valence-corrected chi connectivity index (χ0v) is 17.5.